The van der Waals surface area contributed by atoms with Crippen molar-refractivity contribution in [2.45, 2.75) is 20.3 Å². The van der Waals surface area contributed by atoms with Gasteiger partial charge in [-0.3, -0.25) is 0 Å². The number of hydrogen-bond donors (Lipinski definition) is 0. The van der Waals surface area contributed by atoms with Gasteiger partial charge in [0.25, 0.3) is 0 Å². The molecule has 0 atom stereocenters. The van der Waals surface area contributed by atoms with Gasteiger partial charge in [0.05, 0.1) is 0 Å². The van der Waals surface area contributed by atoms with Gasteiger partial charge < -0.3 is 0 Å². The highest BCUT2D eigenvalue weighted by atomic mass is 35.5. The van der Waals surface area contributed by atoms with Crippen molar-refractivity contribution in [3.05, 3.63) is 81.9 Å². The second-order valence-corrected chi connectivity index (χ2v) is 5.70. The zero-order valence-electron chi connectivity index (χ0n) is 11.8. The van der Waals surface area contributed by atoms with Crippen LogP contribution >= 0.6 is 11.6 Å². The summed E-state index contributed by atoms with van der Waals surface area (Å²) in [6.07, 6.45) is 0.988. The van der Waals surface area contributed by atoms with Crippen LogP contribution in [-0.2, 0) is 0 Å². The lowest BCUT2D eigenvalue weighted by molar-refractivity contribution is 1.38. The summed E-state index contributed by atoms with van der Waals surface area (Å²) in [5, 5.41) is 0.800. The molecule has 20 heavy (non-hydrogen) atoms. The molecule has 2 aromatic carbocycles. The van der Waals surface area contributed by atoms with Gasteiger partial charge in [-0.05, 0) is 65.8 Å². The van der Waals surface area contributed by atoms with Crippen molar-refractivity contribution in [2.24, 2.45) is 0 Å². The maximum absolute atomic E-state index is 6.12. The summed E-state index contributed by atoms with van der Waals surface area (Å²) in [7, 11) is 0. The first kappa shape index (κ1) is 13.2. The normalized spacial score (nSPS) is 15.2. The van der Waals surface area contributed by atoms with E-state index in [1.165, 1.54) is 33.4 Å². The predicted molar refractivity (Wildman–Crippen MR) is 87.7 cm³/mol. The Balaban J connectivity index is 2.00. The molecular formula is C19H17Cl. The molecule has 0 nitrogen and oxygen atoms in total. The van der Waals surface area contributed by atoms with Crippen LogP contribution in [0.2, 0.25) is 5.02 Å². The molecule has 0 amide bonds. The van der Waals surface area contributed by atoms with Crippen molar-refractivity contribution in [3.63, 3.8) is 0 Å². The summed E-state index contributed by atoms with van der Waals surface area (Å²) in [5.41, 5.74) is 8.15. The number of allylic oxidation sites excluding steroid dienone is 4. The molecule has 2 aromatic rings. The van der Waals surface area contributed by atoms with Gasteiger partial charge in [0, 0.05) is 5.02 Å². The quantitative estimate of drug-likeness (QED) is 0.634. The molecule has 0 radical (unpaired) electrons. The van der Waals surface area contributed by atoms with Crippen LogP contribution in [0, 0.1) is 0 Å². The summed E-state index contributed by atoms with van der Waals surface area (Å²) in [4.78, 5) is 0. The van der Waals surface area contributed by atoms with Crippen molar-refractivity contribution in [2.75, 3.05) is 0 Å². The first-order chi connectivity index (χ1) is 9.66. The van der Waals surface area contributed by atoms with Crippen molar-refractivity contribution in [1.82, 2.24) is 0 Å². The topological polar surface area (TPSA) is 0 Å². The number of hydrogen-bond acceptors (Lipinski definition) is 0. The summed E-state index contributed by atoms with van der Waals surface area (Å²) in [6, 6.07) is 18.8. The Morgan fingerprint density at radius 2 is 1.35 bits per heavy atom. The minimum atomic E-state index is 0.800. The largest absolute Gasteiger partial charge is 0.0843 e. The molecule has 3 rings (SSSR count). The molecular weight excluding hydrogens is 264 g/mol. The van der Waals surface area contributed by atoms with Crippen LogP contribution < -0.4 is 0 Å². The molecule has 0 aromatic heterocycles. The van der Waals surface area contributed by atoms with E-state index in [1.54, 1.807) is 0 Å². The Hall–Kier alpha value is -1.79. The smallest absolute Gasteiger partial charge is 0.0412 e. The molecule has 0 bridgehead atoms. The van der Waals surface area contributed by atoms with Crippen molar-refractivity contribution in [3.8, 4) is 0 Å². The van der Waals surface area contributed by atoms with Crippen LogP contribution in [0.1, 0.15) is 31.4 Å². The van der Waals surface area contributed by atoms with Gasteiger partial charge in [-0.15, -0.1) is 0 Å². The lowest BCUT2D eigenvalue weighted by Gasteiger charge is -2.07. The number of benzene rings is 2. The lowest BCUT2D eigenvalue weighted by Crippen LogP contribution is -1.85. The zero-order valence-corrected chi connectivity index (χ0v) is 12.5. The van der Waals surface area contributed by atoms with Gasteiger partial charge in [0.2, 0.25) is 0 Å². The van der Waals surface area contributed by atoms with E-state index in [9.17, 15) is 0 Å². The first-order valence-corrected chi connectivity index (χ1v) is 7.26. The Bertz CT molecular complexity index is 706. The Morgan fingerprint density at radius 1 is 0.750 bits per heavy atom. The average Bonchev–Trinajstić information content (AvgIpc) is 2.76. The van der Waals surface area contributed by atoms with Gasteiger partial charge in [-0.1, -0.05) is 54.1 Å². The molecule has 1 heteroatoms. The second kappa shape index (κ2) is 5.30. The maximum atomic E-state index is 6.12. The molecule has 0 aliphatic heterocycles. The van der Waals surface area contributed by atoms with E-state index in [0.29, 0.717) is 0 Å². The van der Waals surface area contributed by atoms with Crippen LogP contribution in [0.15, 0.2) is 65.7 Å². The molecule has 0 saturated carbocycles. The van der Waals surface area contributed by atoms with Gasteiger partial charge >= 0.3 is 0 Å². The standard InChI is InChI=1S/C19H17Cl/c1-13-14(2)19(16-9-6-10-17(20)11-16)12-18(13)15-7-4-3-5-8-15/h3-11H,12H2,1-2H3. The average molecular weight is 281 g/mol. The van der Waals surface area contributed by atoms with Gasteiger partial charge in [0.15, 0.2) is 0 Å². The molecule has 1 aliphatic carbocycles. The second-order valence-electron chi connectivity index (χ2n) is 5.26. The SMILES string of the molecule is CC1=C(c2ccccc2)CC(c2cccc(Cl)c2)=C1C. The highest BCUT2D eigenvalue weighted by Gasteiger charge is 2.20. The Kier molecular flexibility index (Phi) is 3.50. The van der Waals surface area contributed by atoms with Crippen molar-refractivity contribution in [1.29, 1.82) is 0 Å². The van der Waals surface area contributed by atoms with E-state index < -0.39 is 0 Å². The minimum Gasteiger partial charge on any atom is -0.0843 e. The fourth-order valence-corrected chi connectivity index (χ4v) is 3.04. The molecule has 1 aliphatic rings. The lowest BCUT2D eigenvalue weighted by atomic mass is 9.98. The summed E-state index contributed by atoms with van der Waals surface area (Å²) in [6.45, 7) is 4.43. The van der Waals surface area contributed by atoms with Gasteiger partial charge in [-0.25, -0.2) is 0 Å². The molecule has 0 unspecified atom stereocenters. The number of rotatable bonds is 2. The molecule has 100 valence electrons. The third-order valence-electron chi connectivity index (χ3n) is 4.12. The predicted octanol–water partition coefficient (Wildman–Crippen LogP) is 5.99. The molecule has 0 saturated heterocycles. The summed E-state index contributed by atoms with van der Waals surface area (Å²) in [5.74, 6) is 0. The van der Waals surface area contributed by atoms with E-state index in [-0.39, 0.29) is 0 Å². The monoisotopic (exact) mass is 280 g/mol. The minimum absolute atomic E-state index is 0.800. The fraction of sp³-hybridized carbons (Fsp3) is 0.158. The molecule has 0 spiro atoms. The zero-order chi connectivity index (χ0) is 14.1. The van der Waals surface area contributed by atoms with E-state index in [2.05, 4.69) is 56.3 Å². The first-order valence-electron chi connectivity index (χ1n) is 6.88. The Morgan fingerprint density at radius 3 is 2.00 bits per heavy atom. The van der Waals surface area contributed by atoms with E-state index in [4.69, 9.17) is 11.6 Å². The van der Waals surface area contributed by atoms with Crippen LogP contribution in [0.25, 0.3) is 11.1 Å². The van der Waals surface area contributed by atoms with Crippen molar-refractivity contribution >= 4 is 22.7 Å². The van der Waals surface area contributed by atoms with E-state index >= 15 is 0 Å². The third kappa shape index (κ3) is 2.32. The van der Waals surface area contributed by atoms with Crippen molar-refractivity contribution < 1.29 is 0 Å². The highest BCUT2D eigenvalue weighted by Crippen LogP contribution is 2.42. The summed E-state index contributed by atoms with van der Waals surface area (Å²) < 4.78 is 0. The summed E-state index contributed by atoms with van der Waals surface area (Å²) >= 11 is 6.12. The van der Waals surface area contributed by atoms with Crippen LogP contribution in [0.5, 0.6) is 0 Å². The fourth-order valence-electron chi connectivity index (χ4n) is 2.85. The van der Waals surface area contributed by atoms with Crippen LogP contribution in [-0.4, -0.2) is 0 Å². The van der Waals surface area contributed by atoms with E-state index in [1.807, 2.05) is 12.1 Å². The number of halogens is 1. The highest BCUT2D eigenvalue weighted by molar-refractivity contribution is 6.30. The third-order valence-corrected chi connectivity index (χ3v) is 4.35. The van der Waals surface area contributed by atoms with Gasteiger partial charge in [0.1, 0.15) is 0 Å². The van der Waals surface area contributed by atoms with Crippen LogP contribution in [0.3, 0.4) is 0 Å². The van der Waals surface area contributed by atoms with Gasteiger partial charge in [-0.2, -0.15) is 0 Å². The van der Waals surface area contributed by atoms with E-state index in [0.717, 1.165) is 11.4 Å². The molecule has 0 heterocycles. The molecule has 0 fully saturated rings. The molecule has 0 N–H and O–H groups in total. The van der Waals surface area contributed by atoms with Crippen LogP contribution in [0.4, 0.5) is 0 Å². The maximum Gasteiger partial charge on any atom is 0.0412 e. The Labute approximate surface area is 125 Å².